The van der Waals surface area contributed by atoms with Crippen LogP contribution in [0.5, 0.6) is 11.5 Å². The lowest BCUT2D eigenvalue weighted by molar-refractivity contribution is -0.121. The van der Waals surface area contributed by atoms with Gasteiger partial charge in [0.1, 0.15) is 5.56 Å². The molecule has 1 heterocycles. The van der Waals surface area contributed by atoms with Crippen molar-refractivity contribution in [2.24, 2.45) is 0 Å². The maximum absolute atomic E-state index is 12.8. The number of carbonyl (C=O) groups excluding carboxylic acids is 2. The van der Waals surface area contributed by atoms with E-state index in [2.05, 4.69) is 6.92 Å². The zero-order valence-electron chi connectivity index (χ0n) is 16.1. The van der Waals surface area contributed by atoms with E-state index >= 15 is 0 Å². The minimum Gasteiger partial charge on any atom is -0.493 e. The molecule has 0 spiro atoms. The molecule has 0 saturated heterocycles. The predicted octanol–water partition coefficient (Wildman–Crippen LogP) is 3.78. The average molecular weight is 401 g/mol. The van der Waals surface area contributed by atoms with Crippen molar-refractivity contribution in [1.82, 2.24) is 0 Å². The summed E-state index contributed by atoms with van der Waals surface area (Å²) in [5.41, 5.74) is 1.08. The number of carbonyl (C=O) groups is 2. The van der Waals surface area contributed by atoms with Gasteiger partial charge in [0.15, 0.2) is 18.1 Å². The molecule has 148 valence electrons. The summed E-state index contributed by atoms with van der Waals surface area (Å²) in [6.45, 7) is 2.39. The Morgan fingerprint density at radius 2 is 1.89 bits per heavy atom. The fourth-order valence-electron chi connectivity index (χ4n) is 3.08. The minimum atomic E-state index is -0.630. The van der Waals surface area contributed by atoms with Gasteiger partial charge in [-0.2, -0.15) is 0 Å². The molecule has 0 aromatic heterocycles. The summed E-state index contributed by atoms with van der Waals surface area (Å²) in [6.07, 6.45) is 0.864. The van der Waals surface area contributed by atoms with Crippen LogP contribution in [0, 0.1) is 0 Å². The fraction of sp³-hybridized carbons (Fsp3) is 0.333. The molecule has 28 heavy (non-hydrogen) atoms. The lowest BCUT2D eigenvalue weighted by Gasteiger charge is -2.22. The quantitative estimate of drug-likeness (QED) is 0.711. The highest BCUT2D eigenvalue weighted by Crippen LogP contribution is 2.37. The summed E-state index contributed by atoms with van der Waals surface area (Å²) in [7, 11) is 2.94. The summed E-state index contributed by atoms with van der Waals surface area (Å²) < 4.78 is 15.8. The van der Waals surface area contributed by atoms with Crippen LogP contribution in [-0.2, 0) is 9.53 Å². The van der Waals surface area contributed by atoms with Gasteiger partial charge in [-0.15, -0.1) is 11.8 Å². The van der Waals surface area contributed by atoms with Crippen molar-refractivity contribution >= 4 is 29.3 Å². The molecule has 0 N–H and O–H groups in total. The number of nitrogens with zero attached hydrogens (tertiary/aromatic N) is 1. The van der Waals surface area contributed by atoms with E-state index in [1.54, 1.807) is 34.9 Å². The summed E-state index contributed by atoms with van der Waals surface area (Å²) in [5.74, 6) is -0.171. The van der Waals surface area contributed by atoms with E-state index in [-0.39, 0.29) is 23.8 Å². The number of esters is 1. The van der Waals surface area contributed by atoms with Crippen LogP contribution < -0.4 is 14.4 Å². The molecule has 0 unspecified atom stereocenters. The molecule has 1 amide bonds. The van der Waals surface area contributed by atoms with Crippen LogP contribution in [0.3, 0.4) is 0 Å². The Morgan fingerprint density at radius 3 is 2.64 bits per heavy atom. The third-order valence-corrected chi connectivity index (χ3v) is 5.73. The predicted molar refractivity (Wildman–Crippen MR) is 109 cm³/mol. The number of rotatable bonds is 5. The van der Waals surface area contributed by atoms with E-state index in [4.69, 9.17) is 14.2 Å². The largest absolute Gasteiger partial charge is 0.493 e. The zero-order valence-corrected chi connectivity index (χ0v) is 17.0. The van der Waals surface area contributed by atoms with Gasteiger partial charge >= 0.3 is 5.97 Å². The Kier molecular flexibility index (Phi) is 6.46. The van der Waals surface area contributed by atoms with E-state index in [9.17, 15) is 9.59 Å². The van der Waals surface area contributed by atoms with Crippen LogP contribution in [0.25, 0.3) is 0 Å². The van der Waals surface area contributed by atoms with Crippen molar-refractivity contribution in [3.63, 3.8) is 0 Å². The highest BCUT2D eigenvalue weighted by molar-refractivity contribution is 8.00. The molecule has 6 nitrogen and oxygen atoms in total. The first-order valence-electron chi connectivity index (χ1n) is 8.99. The highest BCUT2D eigenvalue weighted by Gasteiger charge is 2.25. The van der Waals surface area contributed by atoms with Crippen molar-refractivity contribution in [2.45, 2.75) is 23.5 Å². The molecule has 2 aromatic carbocycles. The summed E-state index contributed by atoms with van der Waals surface area (Å²) in [5, 5.41) is 0.405. The Labute approximate surface area is 168 Å². The summed E-state index contributed by atoms with van der Waals surface area (Å²) in [6, 6.07) is 12.7. The molecule has 1 atom stereocenters. The van der Waals surface area contributed by atoms with Crippen LogP contribution >= 0.6 is 11.8 Å². The lowest BCUT2D eigenvalue weighted by atomic mass is 10.2. The smallest absolute Gasteiger partial charge is 0.342 e. The molecular formula is C21H23NO5S. The van der Waals surface area contributed by atoms with Crippen LogP contribution in [0.4, 0.5) is 5.69 Å². The van der Waals surface area contributed by atoms with Crippen molar-refractivity contribution in [2.75, 3.05) is 32.3 Å². The number of hydrogen-bond acceptors (Lipinski definition) is 6. The van der Waals surface area contributed by atoms with Crippen LogP contribution in [0.15, 0.2) is 47.4 Å². The highest BCUT2D eigenvalue weighted by atomic mass is 32.2. The topological polar surface area (TPSA) is 65.1 Å². The number of thioether (sulfide) groups is 1. The zero-order chi connectivity index (χ0) is 20.1. The first-order valence-corrected chi connectivity index (χ1v) is 9.87. The molecule has 0 saturated carbocycles. The van der Waals surface area contributed by atoms with Crippen molar-refractivity contribution in [3.05, 3.63) is 48.0 Å². The van der Waals surface area contributed by atoms with Crippen molar-refractivity contribution in [1.29, 1.82) is 0 Å². The third kappa shape index (κ3) is 4.25. The average Bonchev–Trinajstić information content (AvgIpc) is 2.89. The third-order valence-electron chi connectivity index (χ3n) is 4.49. The van der Waals surface area contributed by atoms with E-state index in [1.165, 1.54) is 14.2 Å². The molecule has 1 aliphatic rings. The molecule has 0 radical (unpaired) electrons. The van der Waals surface area contributed by atoms with E-state index in [1.807, 2.05) is 24.3 Å². The Bertz CT molecular complexity index is 870. The van der Waals surface area contributed by atoms with Gasteiger partial charge in [0.2, 0.25) is 0 Å². The molecule has 1 aliphatic heterocycles. The number of amides is 1. The molecule has 0 fully saturated rings. The van der Waals surface area contributed by atoms with Gasteiger partial charge in [-0.3, -0.25) is 4.79 Å². The number of hydrogen-bond donors (Lipinski definition) is 0. The second-order valence-corrected chi connectivity index (χ2v) is 7.83. The van der Waals surface area contributed by atoms with Gasteiger partial charge in [-0.1, -0.05) is 25.1 Å². The van der Waals surface area contributed by atoms with Gasteiger partial charge < -0.3 is 19.1 Å². The lowest BCUT2D eigenvalue weighted by Crippen LogP contribution is -2.35. The van der Waals surface area contributed by atoms with Gasteiger partial charge in [-0.05, 0) is 30.7 Å². The van der Waals surface area contributed by atoms with Gasteiger partial charge in [0, 0.05) is 16.7 Å². The first-order chi connectivity index (χ1) is 13.5. The monoisotopic (exact) mass is 401 g/mol. The van der Waals surface area contributed by atoms with Gasteiger partial charge in [-0.25, -0.2) is 4.79 Å². The van der Waals surface area contributed by atoms with Crippen molar-refractivity contribution < 1.29 is 23.8 Å². The Balaban J connectivity index is 1.73. The molecular weight excluding hydrogens is 378 g/mol. The first kappa shape index (κ1) is 20.1. The second-order valence-electron chi connectivity index (χ2n) is 6.35. The van der Waals surface area contributed by atoms with Gasteiger partial charge in [0.25, 0.3) is 5.91 Å². The SMILES string of the molecule is COc1cccc(C(=O)OCC(=O)N2CC[C@H](C)Sc3ccccc32)c1OC. The number of benzene rings is 2. The van der Waals surface area contributed by atoms with Crippen LogP contribution in [-0.4, -0.2) is 44.5 Å². The molecule has 3 rings (SSSR count). The second kappa shape index (κ2) is 9.01. The molecule has 0 bridgehead atoms. The summed E-state index contributed by atoms with van der Waals surface area (Å²) in [4.78, 5) is 28.1. The Morgan fingerprint density at radius 1 is 1.11 bits per heavy atom. The number of anilines is 1. The standard InChI is InChI=1S/C21H23NO5S/c1-14-11-12-22(16-8-4-5-10-18(16)28-14)19(23)13-27-21(24)15-7-6-9-17(25-2)20(15)26-3/h4-10,14H,11-13H2,1-3H3/t14-/m0/s1. The number of fused-ring (bicyclic) bond motifs is 1. The minimum absolute atomic E-state index is 0.218. The number of para-hydroxylation sites is 2. The molecule has 0 aliphatic carbocycles. The number of ether oxygens (including phenoxy) is 3. The molecule has 7 heteroatoms. The van der Waals surface area contributed by atoms with Crippen molar-refractivity contribution in [3.8, 4) is 11.5 Å². The van der Waals surface area contributed by atoms with Gasteiger partial charge in [0.05, 0.1) is 19.9 Å². The van der Waals surface area contributed by atoms with Crippen LogP contribution in [0.2, 0.25) is 0 Å². The molecule has 2 aromatic rings. The van der Waals surface area contributed by atoms with E-state index in [0.717, 1.165) is 17.0 Å². The maximum atomic E-state index is 12.8. The van der Waals surface area contributed by atoms with E-state index in [0.29, 0.717) is 17.5 Å². The fourth-order valence-corrected chi connectivity index (χ4v) is 4.19. The normalized spacial score (nSPS) is 16.0. The van der Waals surface area contributed by atoms with E-state index < -0.39 is 5.97 Å². The Hall–Kier alpha value is -2.67. The summed E-state index contributed by atoms with van der Waals surface area (Å²) >= 11 is 1.75. The number of methoxy groups -OCH3 is 2. The maximum Gasteiger partial charge on any atom is 0.342 e. The van der Waals surface area contributed by atoms with Crippen LogP contribution in [0.1, 0.15) is 23.7 Å².